The second-order valence-corrected chi connectivity index (χ2v) is 3.65. The van der Waals surface area contributed by atoms with Crippen LogP contribution in [0.3, 0.4) is 0 Å². The van der Waals surface area contributed by atoms with Gasteiger partial charge >= 0.3 is 0 Å². The lowest BCUT2D eigenvalue weighted by Gasteiger charge is -1.98. The lowest BCUT2D eigenvalue weighted by molar-refractivity contribution is 0.629. The molecule has 1 aromatic carbocycles. The third-order valence-electron chi connectivity index (χ3n) is 2.14. The van der Waals surface area contributed by atoms with E-state index in [2.05, 4.69) is 4.98 Å². The van der Waals surface area contributed by atoms with Crippen molar-refractivity contribution < 1.29 is 4.39 Å². The molecule has 0 spiro atoms. The molecule has 0 N–H and O–H groups in total. The highest BCUT2D eigenvalue weighted by molar-refractivity contribution is 6.31. The van der Waals surface area contributed by atoms with Crippen molar-refractivity contribution in [3.63, 3.8) is 0 Å². The van der Waals surface area contributed by atoms with E-state index in [4.69, 9.17) is 23.2 Å². The minimum atomic E-state index is -0.441. The topological polar surface area (TPSA) is 17.8 Å². The molecule has 2 aromatic rings. The molecule has 2 rings (SSSR count). The smallest absolute Gasteiger partial charge is 0.144 e. The van der Waals surface area contributed by atoms with Crippen LogP contribution in [0.5, 0.6) is 0 Å². The zero-order chi connectivity index (χ0) is 10.3. The van der Waals surface area contributed by atoms with Crippen LogP contribution in [0.4, 0.5) is 4.39 Å². The molecule has 74 valence electrons. The Labute approximate surface area is 90.3 Å². The van der Waals surface area contributed by atoms with E-state index in [0.29, 0.717) is 22.7 Å². The summed E-state index contributed by atoms with van der Waals surface area (Å²) in [5.41, 5.74) is 1.36. The van der Waals surface area contributed by atoms with E-state index >= 15 is 0 Å². The number of alkyl halides is 1. The van der Waals surface area contributed by atoms with Gasteiger partial charge in [0.25, 0.3) is 0 Å². The SMILES string of the molecule is Cn1c(CCl)nc2cc(Cl)c(F)cc21. The van der Waals surface area contributed by atoms with E-state index in [0.717, 1.165) is 0 Å². The Kier molecular flexibility index (Phi) is 2.37. The van der Waals surface area contributed by atoms with Crippen LogP contribution in [0.15, 0.2) is 12.1 Å². The molecule has 2 nitrogen and oxygen atoms in total. The molecule has 0 unspecified atom stereocenters. The maximum atomic E-state index is 13.1. The summed E-state index contributed by atoms with van der Waals surface area (Å²) in [6.45, 7) is 0. The van der Waals surface area contributed by atoms with Gasteiger partial charge in [0.15, 0.2) is 0 Å². The van der Waals surface area contributed by atoms with Gasteiger partial charge in [-0.3, -0.25) is 0 Å². The van der Waals surface area contributed by atoms with E-state index in [1.165, 1.54) is 12.1 Å². The predicted octanol–water partition coefficient (Wildman–Crippen LogP) is 3.10. The van der Waals surface area contributed by atoms with Crippen LogP contribution in [0.25, 0.3) is 11.0 Å². The molecule has 0 aliphatic rings. The molecule has 0 aliphatic heterocycles. The third kappa shape index (κ3) is 1.37. The van der Waals surface area contributed by atoms with Gasteiger partial charge in [0.1, 0.15) is 11.6 Å². The molecule has 0 aliphatic carbocycles. The fourth-order valence-electron chi connectivity index (χ4n) is 1.36. The van der Waals surface area contributed by atoms with Crippen molar-refractivity contribution in [1.82, 2.24) is 9.55 Å². The van der Waals surface area contributed by atoms with Gasteiger partial charge in [-0.2, -0.15) is 0 Å². The van der Waals surface area contributed by atoms with Crippen molar-refractivity contribution >= 4 is 34.2 Å². The largest absolute Gasteiger partial charge is 0.330 e. The maximum Gasteiger partial charge on any atom is 0.144 e. The van der Waals surface area contributed by atoms with Gasteiger partial charge in [-0.05, 0) is 6.07 Å². The molecule has 0 saturated carbocycles. The number of hydrogen-bond acceptors (Lipinski definition) is 1. The maximum absolute atomic E-state index is 13.1. The summed E-state index contributed by atoms with van der Waals surface area (Å²) in [4.78, 5) is 4.21. The quantitative estimate of drug-likeness (QED) is 0.692. The number of fused-ring (bicyclic) bond motifs is 1. The van der Waals surface area contributed by atoms with Crippen LogP contribution < -0.4 is 0 Å². The number of imidazole rings is 1. The molecule has 1 aromatic heterocycles. The first-order valence-corrected chi connectivity index (χ1v) is 4.91. The summed E-state index contributed by atoms with van der Waals surface area (Å²) in [5, 5.41) is 0.0803. The monoisotopic (exact) mass is 232 g/mol. The Morgan fingerprint density at radius 1 is 1.50 bits per heavy atom. The van der Waals surface area contributed by atoms with Crippen LogP contribution in [-0.4, -0.2) is 9.55 Å². The number of aryl methyl sites for hydroxylation is 1. The van der Waals surface area contributed by atoms with E-state index in [1.54, 1.807) is 11.6 Å². The van der Waals surface area contributed by atoms with E-state index in [1.807, 2.05) is 0 Å². The van der Waals surface area contributed by atoms with Gasteiger partial charge in [0, 0.05) is 13.1 Å². The Morgan fingerprint density at radius 2 is 2.21 bits per heavy atom. The highest BCUT2D eigenvalue weighted by atomic mass is 35.5. The van der Waals surface area contributed by atoms with E-state index in [9.17, 15) is 4.39 Å². The molecule has 0 saturated heterocycles. The highest BCUT2D eigenvalue weighted by Crippen LogP contribution is 2.23. The van der Waals surface area contributed by atoms with E-state index < -0.39 is 5.82 Å². The lowest BCUT2D eigenvalue weighted by atomic mass is 10.3. The van der Waals surface area contributed by atoms with Crippen molar-refractivity contribution in [2.24, 2.45) is 7.05 Å². The summed E-state index contributed by atoms with van der Waals surface area (Å²) >= 11 is 11.3. The normalized spacial score (nSPS) is 11.1. The minimum Gasteiger partial charge on any atom is -0.330 e. The second kappa shape index (κ2) is 3.41. The number of aromatic nitrogens is 2. The number of benzene rings is 1. The predicted molar refractivity (Wildman–Crippen MR) is 55.2 cm³/mol. The number of nitrogens with zero attached hydrogens (tertiary/aromatic N) is 2. The standard InChI is InChI=1S/C9H7Cl2FN2/c1-14-8-3-6(12)5(11)2-7(8)13-9(14)4-10/h2-3H,4H2,1H3. The molecule has 1 heterocycles. The van der Waals surface area contributed by atoms with Crippen LogP contribution in [0.1, 0.15) is 5.82 Å². The Bertz CT molecular complexity index is 493. The summed E-state index contributed by atoms with van der Waals surface area (Å²) in [6.07, 6.45) is 0. The molecule has 14 heavy (non-hydrogen) atoms. The Hall–Kier alpha value is -0.800. The summed E-state index contributed by atoms with van der Waals surface area (Å²) < 4.78 is 14.9. The Morgan fingerprint density at radius 3 is 2.86 bits per heavy atom. The minimum absolute atomic E-state index is 0.0803. The summed E-state index contributed by atoms with van der Waals surface area (Å²) in [5.74, 6) is 0.552. The summed E-state index contributed by atoms with van der Waals surface area (Å²) in [6, 6.07) is 2.86. The fraction of sp³-hybridized carbons (Fsp3) is 0.222. The molecular weight excluding hydrogens is 226 g/mol. The molecule has 5 heteroatoms. The van der Waals surface area contributed by atoms with Crippen LogP contribution in [0, 0.1) is 5.82 Å². The van der Waals surface area contributed by atoms with Crippen LogP contribution in [0.2, 0.25) is 5.02 Å². The van der Waals surface area contributed by atoms with Gasteiger partial charge in [-0.15, -0.1) is 11.6 Å². The van der Waals surface area contributed by atoms with Gasteiger partial charge in [-0.25, -0.2) is 9.37 Å². The molecular formula is C9H7Cl2FN2. The van der Waals surface area contributed by atoms with Crippen molar-refractivity contribution in [3.8, 4) is 0 Å². The average Bonchev–Trinajstić information content (AvgIpc) is 2.45. The first kappa shape index (κ1) is 9.74. The molecule has 0 bridgehead atoms. The Balaban J connectivity index is 2.80. The number of hydrogen-bond donors (Lipinski definition) is 0. The van der Waals surface area contributed by atoms with Gasteiger partial charge < -0.3 is 4.57 Å². The lowest BCUT2D eigenvalue weighted by Crippen LogP contribution is -1.93. The fourth-order valence-corrected chi connectivity index (χ4v) is 1.75. The zero-order valence-electron chi connectivity index (χ0n) is 7.39. The van der Waals surface area contributed by atoms with Crippen molar-refractivity contribution in [1.29, 1.82) is 0 Å². The molecule has 0 radical (unpaired) electrons. The first-order chi connectivity index (χ1) is 6.63. The van der Waals surface area contributed by atoms with Crippen molar-refractivity contribution in [3.05, 3.63) is 28.8 Å². The van der Waals surface area contributed by atoms with Crippen molar-refractivity contribution in [2.75, 3.05) is 0 Å². The number of rotatable bonds is 1. The molecule has 0 fully saturated rings. The van der Waals surface area contributed by atoms with Crippen molar-refractivity contribution in [2.45, 2.75) is 5.88 Å². The molecule has 0 atom stereocenters. The van der Waals surface area contributed by atoms with E-state index in [-0.39, 0.29) is 5.02 Å². The summed E-state index contributed by atoms with van der Waals surface area (Å²) in [7, 11) is 1.79. The van der Waals surface area contributed by atoms with Gasteiger partial charge in [0.2, 0.25) is 0 Å². The van der Waals surface area contributed by atoms with Gasteiger partial charge in [-0.1, -0.05) is 11.6 Å². The van der Waals surface area contributed by atoms with Crippen LogP contribution >= 0.6 is 23.2 Å². The average molecular weight is 233 g/mol. The first-order valence-electron chi connectivity index (χ1n) is 4.00. The van der Waals surface area contributed by atoms with Crippen LogP contribution in [-0.2, 0) is 12.9 Å². The van der Waals surface area contributed by atoms with Gasteiger partial charge in [0.05, 0.1) is 21.9 Å². The number of halogens is 3. The highest BCUT2D eigenvalue weighted by Gasteiger charge is 2.09. The molecule has 0 amide bonds. The zero-order valence-corrected chi connectivity index (χ0v) is 8.90. The third-order valence-corrected chi connectivity index (χ3v) is 2.66. The second-order valence-electron chi connectivity index (χ2n) is 2.98.